The van der Waals surface area contributed by atoms with Crippen LogP contribution in [0.15, 0.2) is 47.4 Å². The van der Waals surface area contributed by atoms with Crippen LogP contribution in [-0.4, -0.2) is 58.0 Å². The Bertz CT molecular complexity index is 1100. The van der Waals surface area contributed by atoms with Gasteiger partial charge in [0.15, 0.2) is 15.9 Å². The molecule has 174 valence electrons. The van der Waals surface area contributed by atoms with Crippen molar-refractivity contribution in [1.29, 1.82) is 0 Å². The van der Waals surface area contributed by atoms with E-state index in [0.717, 1.165) is 36.9 Å². The highest BCUT2D eigenvalue weighted by Crippen LogP contribution is 2.35. The van der Waals surface area contributed by atoms with Crippen LogP contribution in [0.5, 0.6) is 11.5 Å². The average molecular weight is 471 g/mol. The van der Waals surface area contributed by atoms with Crippen LogP contribution in [0.25, 0.3) is 0 Å². The largest absolute Gasteiger partial charge is 0.496 e. The van der Waals surface area contributed by atoms with E-state index in [1.807, 2.05) is 24.3 Å². The summed E-state index contributed by atoms with van der Waals surface area (Å²) in [4.78, 5) is 14.6. The van der Waals surface area contributed by atoms with Gasteiger partial charge in [0.1, 0.15) is 11.5 Å². The summed E-state index contributed by atoms with van der Waals surface area (Å²) in [5.41, 5.74) is 0.710. The predicted octanol–water partition coefficient (Wildman–Crippen LogP) is 4.06. The van der Waals surface area contributed by atoms with Gasteiger partial charge in [-0.1, -0.05) is 18.2 Å². The molecule has 10 heteroatoms. The van der Waals surface area contributed by atoms with E-state index in [1.165, 1.54) is 4.90 Å². The Morgan fingerprint density at radius 3 is 2.47 bits per heavy atom. The zero-order valence-electron chi connectivity index (χ0n) is 17.8. The Morgan fingerprint density at radius 1 is 1.16 bits per heavy atom. The highest BCUT2D eigenvalue weighted by atomic mass is 32.2. The number of para-hydroxylation sites is 1. The first-order chi connectivity index (χ1) is 14.9. The molecular formula is C22H24F3NO5S. The number of hydrogen-bond acceptors (Lipinski definition) is 5. The van der Waals surface area contributed by atoms with E-state index in [-0.39, 0.29) is 22.1 Å². The number of carbonyl (C=O) groups excluding carboxylic acids is 1. The van der Waals surface area contributed by atoms with Crippen molar-refractivity contribution in [2.24, 2.45) is 0 Å². The van der Waals surface area contributed by atoms with Crippen LogP contribution < -0.4 is 9.47 Å². The number of sulfone groups is 1. The quantitative estimate of drug-likeness (QED) is 0.636. The number of halogens is 3. The Morgan fingerprint density at radius 2 is 1.84 bits per heavy atom. The van der Waals surface area contributed by atoms with Gasteiger partial charge in [-0.25, -0.2) is 8.42 Å². The second-order valence-corrected chi connectivity index (χ2v) is 9.73. The fraction of sp³-hybridized carbons (Fsp3) is 0.409. The third-order valence-electron chi connectivity index (χ3n) is 5.43. The number of amides is 1. The van der Waals surface area contributed by atoms with Gasteiger partial charge in [0.2, 0.25) is 0 Å². The molecule has 3 rings (SSSR count). The van der Waals surface area contributed by atoms with Crippen LogP contribution in [0.1, 0.15) is 35.2 Å². The SMILES string of the molecule is COc1ccccc1C1CCN(C(=O)c2cc(S(C)(=O)=O)ccc2OC(C)C(F)(F)F)C1. The molecule has 2 aromatic carbocycles. The topological polar surface area (TPSA) is 72.9 Å². The molecule has 32 heavy (non-hydrogen) atoms. The molecule has 0 N–H and O–H groups in total. The van der Waals surface area contributed by atoms with Crippen molar-refractivity contribution < 1.29 is 35.9 Å². The number of likely N-dealkylation sites (tertiary alicyclic amines) is 1. The van der Waals surface area contributed by atoms with E-state index in [9.17, 15) is 26.4 Å². The lowest BCUT2D eigenvalue weighted by molar-refractivity contribution is -0.189. The van der Waals surface area contributed by atoms with Crippen molar-refractivity contribution in [3.63, 3.8) is 0 Å². The predicted molar refractivity (Wildman–Crippen MR) is 112 cm³/mol. The number of nitrogens with zero attached hydrogens (tertiary/aromatic N) is 1. The minimum absolute atomic E-state index is 0.0216. The highest BCUT2D eigenvalue weighted by Gasteiger charge is 2.39. The van der Waals surface area contributed by atoms with E-state index in [1.54, 1.807) is 7.11 Å². The molecular weight excluding hydrogens is 447 g/mol. The number of alkyl halides is 3. The van der Waals surface area contributed by atoms with Gasteiger partial charge in [0.25, 0.3) is 5.91 Å². The summed E-state index contributed by atoms with van der Waals surface area (Å²) in [5.74, 6) is -0.231. The lowest BCUT2D eigenvalue weighted by atomic mass is 9.97. The van der Waals surface area contributed by atoms with Crippen molar-refractivity contribution in [3.05, 3.63) is 53.6 Å². The third-order valence-corrected chi connectivity index (χ3v) is 6.54. The van der Waals surface area contributed by atoms with Gasteiger partial charge >= 0.3 is 6.18 Å². The highest BCUT2D eigenvalue weighted by molar-refractivity contribution is 7.90. The van der Waals surface area contributed by atoms with Crippen molar-refractivity contribution >= 4 is 15.7 Å². The monoisotopic (exact) mass is 471 g/mol. The number of methoxy groups -OCH3 is 1. The van der Waals surface area contributed by atoms with Gasteiger partial charge in [-0.2, -0.15) is 13.2 Å². The molecule has 0 bridgehead atoms. The maximum absolute atomic E-state index is 13.2. The van der Waals surface area contributed by atoms with Crippen molar-refractivity contribution in [3.8, 4) is 11.5 Å². The van der Waals surface area contributed by atoms with Gasteiger partial charge in [-0.05, 0) is 43.2 Å². The van der Waals surface area contributed by atoms with E-state index in [0.29, 0.717) is 25.3 Å². The van der Waals surface area contributed by atoms with Gasteiger partial charge in [0, 0.05) is 25.3 Å². The zero-order chi connectivity index (χ0) is 23.7. The lowest BCUT2D eigenvalue weighted by Crippen LogP contribution is -2.33. The van der Waals surface area contributed by atoms with Gasteiger partial charge in [-0.3, -0.25) is 4.79 Å². The molecule has 2 unspecified atom stereocenters. The fourth-order valence-corrected chi connectivity index (χ4v) is 4.29. The number of benzene rings is 2. The molecule has 2 aromatic rings. The molecule has 2 atom stereocenters. The molecule has 0 aromatic heterocycles. The maximum atomic E-state index is 13.2. The Labute approximate surface area is 184 Å². The Kier molecular flexibility index (Phi) is 6.73. The fourth-order valence-electron chi connectivity index (χ4n) is 3.64. The smallest absolute Gasteiger partial charge is 0.425 e. The lowest BCUT2D eigenvalue weighted by Gasteiger charge is -2.22. The summed E-state index contributed by atoms with van der Waals surface area (Å²) in [7, 11) is -2.13. The summed E-state index contributed by atoms with van der Waals surface area (Å²) in [5, 5.41) is 0. The standard InChI is InChI=1S/C22H24F3NO5S/c1-14(22(23,24)25)31-20-9-8-16(32(3,28)29)12-18(20)21(27)26-11-10-15(13-26)17-6-4-5-7-19(17)30-2/h4-9,12,14-15H,10-11,13H2,1-3H3. The average Bonchev–Trinajstić information content (AvgIpc) is 3.22. The molecule has 1 aliphatic rings. The molecule has 1 fully saturated rings. The van der Waals surface area contributed by atoms with Crippen molar-refractivity contribution in [2.45, 2.75) is 36.4 Å². The van der Waals surface area contributed by atoms with Crippen LogP contribution >= 0.6 is 0 Å². The summed E-state index contributed by atoms with van der Waals surface area (Å²) in [6, 6.07) is 10.7. The van der Waals surface area contributed by atoms with Crippen LogP contribution in [0, 0.1) is 0 Å². The van der Waals surface area contributed by atoms with Crippen LogP contribution in [0.4, 0.5) is 13.2 Å². The Hall–Kier alpha value is -2.75. The van der Waals surface area contributed by atoms with Gasteiger partial charge in [-0.15, -0.1) is 0 Å². The normalized spacial score (nSPS) is 17.8. The van der Waals surface area contributed by atoms with Crippen LogP contribution in [0.3, 0.4) is 0 Å². The van der Waals surface area contributed by atoms with Gasteiger partial charge < -0.3 is 14.4 Å². The molecule has 0 saturated carbocycles. The second-order valence-electron chi connectivity index (χ2n) is 7.71. The molecule has 6 nitrogen and oxygen atoms in total. The van der Waals surface area contributed by atoms with Crippen LogP contribution in [-0.2, 0) is 9.84 Å². The maximum Gasteiger partial charge on any atom is 0.425 e. The van der Waals surface area contributed by atoms with Gasteiger partial charge in [0.05, 0.1) is 17.6 Å². The minimum atomic E-state index is -4.64. The molecule has 0 aliphatic carbocycles. The summed E-state index contributed by atoms with van der Waals surface area (Å²) >= 11 is 0. The molecule has 0 spiro atoms. The number of ether oxygens (including phenoxy) is 2. The summed E-state index contributed by atoms with van der Waals surface area (Å²) in [6.45, 7) is 1.50. The van der Waals surface area contributed by atoms with E-state index in [4.69, 9.17) is 9.47 Å². The van der Waals surface area contributed by atoms with Crippen molar-refractivity contribution in [1.82, 2.24) is 4.90 Å². The molecule has 1 saturated heterocycles. The first kappa shape index (κ1) is 23.9. The van der Waals surface area contributed by atoms with Crippen LogP contribution in [0.2, 0.25) is 0 Å². The van der Waals surface area contributed by atoms with E-state index in [2.05, 4.69) is 0 Å². The molecule has 1 amide bonds. The third kappa shape index (κ3) is 5.17. The van der Waals surface area contributed by atoms with E-state index < -0.39 is 28.0 Å². The summed E-state index contributed by atoms with van der Waals surface area (Å²) in [6.07, 6.45) is -5.22. The Balaban J connectivity index is 1.92. The second kappa shape index (κ2) is 9.01. The van der Waals surface area contributed by atoms with Crippen molar-refractivity contribution in [2.75, 3.05) is 26.5 Å². The minimum Gasteiger partial charge on any atom is -0.496 e. The number of rotatable bonds is 6. The molecule has 1 heterocycles. The first-order valence-electron chi connectivity index (χ1n) is 9.91. The summed E-state index contributed by atoms with van der Waals surface area (Å²) < 4.78 is 73.4. The van der Waals surface area contributed by atoms with E-state index >= 15 is 0 Å². The first-order valence-corrected chi connectivity index (χ1v) is 11.8. The number of hydrogen-bond donors (Lipinski definition) is 0. The molecule has 0 radical (unpaired) electrons. The zero-order valence-corrected chi connectivity index (χ0v) is 18.7. The number of carbonyl (C=O) groups is 1. The molecule has 1 aliphatic heterocycles.